The van der Waals surface area contributed by atoms with E-state index >= 15 is 0 Å². The maximum absolute atomic E-state index is 13.6. The molecule has 0 spiro atoms. The van der Waals surface area contributed by atoms with E-state index in [1.165, 1.54) is 18.2 Å². The van der Waals surface area contributed by atoms with Gasteiger partial charge in [0.2, 0.25) is 0 Å². The number of aromatic carboxylic acids is 1. The third-order valence-corrected chi connectivity index (χ3v) is 2.85. The summed E-state index contributed by atoms with van der Waals surface area (Å²) in [5.74, 6) is -1.51. The summed E-state index contributed by atoms with van der Waals surface area (Å²) in [7, 11) is 0. The van der Waals surface area contributed by atoms with Crippen LogP contribution in [-0.4, -0.2) is 11.1 Å². The third-order valence-electron chi connectivity index (χ3n) is 2.36. The van der Waals surface area contributed by atoms with E-state index in [1.54, 1.807) is 24.3 Å². The quantitative estimate of drug-likeness (QED) is 0.900. The topological polar surface area (TPSA) is 49.3 Å². The first-order valence-electron chi connectivity index (χ1n) is 5.12. The maximum atomic E-state index is 13.6. The molecule has 0 aliphatic rings. The number of halogens is 2. The van der Waals surface area contributed by atoms with Gasteiger partial charge in [-0.15, -0.1) is 0 Å². The smallest absolute Gasteiger partial charge is 0.337 e. The van der Waals surface area contributed by atoms with Crippen molar-refractivity contribution in [3.63, 3.8) is 0 Å². The van der Waals surface area contributed by atoms with Crippen LogP contribution in [-0.2, 0) is 0 Å². The predicted octanol–water partition coefficient (Wildman–Crippen LogP) is 4.03. The Bertz CT molecular complexity index is 601. The highest BCUT2D eigenvalue weighted by molar-refractivity contribution is 9.10. The first-order chi connectivity index (χ1) is 8.58. The van der Waals surface area contributed by atoms with E-state index in [4.69, 9.17) is 5.11 Å². The summed E-state index contributed by atoms with van der Waals surface area (Å²) in [5, 5.41) is 11.8. The van der Waals surface area contributed by atoms with Gasteiger partial charge >= 0.3 is 5.97 Å². The predicted molar refractivity (Wildman–Crippen MR) is 70.8 cm³/mol. The van der Waals surface area contributed by atoms with Gasteiger partial charge in [0.25, 0.3) is 0 Å². The summed E-state index contributed by atoms with van der Waals surface area (Å²) in [6, 6.07) is 10.9. The zero-order valence-corrected chi connectivity index (χ0v) is 10.7. The van der Waals surface area contributed by atoms with E-state index in [-0.39, 0.29) is 11.3 Å². The average Bonchev–Trinajstić information content (AvgIpc) is 2.33. The number of carboxylic acids is 1. The summed E-state index contributed by atoms with van der Waals surface area (Å²) in [5.41, 5.74) is 0.679. The molecule has 0 amide bonds. The zero-order chi connectivity index (χ0) is 13.1. The number of nitrogens with one attached hydrogen (secondary N) is 1. The number of carboxylic acid groups (broad SMARTS) is 1. The molecule has 0 fully saturated rings. The largest absolute Gasteiger partial charge is 0.478 e. The molecule has 0 radical (unpaired) electrons. The molecule has 5 heteroatoms. The molecule has 92 valence electrons. The van der Waals surface area contributed by atoms with Gasteiger partial charge in [-0.2, -0.15) is 0 Å². The van der Waals surface area contributed by atoms with Gasteiger partial charge in [-0.25, -0.2) is 9.18 Å². The fourth-order valence-corrected chi connectivity index (χ4v) is 1.85. The number of benzene rings is 2. The van der Waals surface area contributed by atoms with Gasteiger partial charge in [-0.3, -0.25) is 0 Å². The SMILES string of the molecule is O=C(O)c1ccccc1Nc1ccc(Br)cc1F. The minimum atomic E-state index is -1.06. The van der Waals surface area contributed by atoms with Gasteiger partial charge in [-0.1, -0.05) is 28.1 Å². The monoisotopic (exact) mass is 309 g/mol. The van der Waals surface area contributed by atoms with Crippen molar-refractivity contribution in [2.45, 2.75) is 0 Å². The molecule has 0 aliphatic carbocycles. The molecule has 0 saturated heterocycles. The lowest BCUT2D eigenvalue weighted by Gasteiger charge is -2.10. The van der Waals surface area contributed by atoms with E-state index < -0.39 is 11.8 Å². The Balaban J connectivity index is 2.37. The van der Waals surface area contributed by atoms with Crippen LogP contribution in [0.3, 0.4) is 0 Å². The Labute approximate surface area is 111 Å². The van der Waals surface area contributed by atoms with Crippen molar-refractivity contribution in [2.75, 3.05) is 5.32 Å². The van der Waals surface area contributed by atoms with Gasteiger partial charge in [0, 0.05) is 4.47 Å². The second-order valence-electron chi connectivity index (χ2n) is 3.60. The molecule has 2 N–H and O–H groups in total. The van der Waals surface area contributed by atoms with Crippen molar-refractivity contribution in [3.8, 4) is 0 Å². The number of carbonyl (C=O) groups is 1. The van der Waals surface area contributed by atoms with Crippen LogP contribution in [0.15, 0.2) is 46.9 Å². The fourth-order valence-electron chi connectivity index (χ4n) is 1.51. The Morgan fingerprint density at radius 3 is 2.56 bits per heavy atom. The van der Waals surface area contributed by atoms with Crippen molar-refractivity contribution in [1.29, 1.82) is 0 Å². The standard InChI is InChI=1S/C13H9BrFNO2/c14-8-5-6-12(10(15)7-8)16-11-4-2-1-3-9(11)13(17)18/h1-7,16H,(H,17,18). The molecule has 2 aromatic carbocycles. The Morgan fingerprint density at radius 1 is 1.17 bits per heavy atom. The summed E-state index contributed by atoms with van der Waals surface area (Å²) < 4.78 is 14.3. The lowest BCUT2D eigenvalue weighted by molar-refractivity contribution is 0.0698. The van der Waals surface area contributed by atoms with Crippen molar-refractivity contribution in [3.05, 3.63) is 58.3 Å². The molecule has 0 aliphatic heterocycles. The number of hydrogen-bond acceptors (Lipinski definition) is 2. The second-order valence-corrected chi connectivity index (χ2v) is 4.52. The molecule has 2 aromatic rings. The van der Waals surface area contributed by atoms with E-state index in [0.29, 0.717) is 10.2 Å². The van der Waals surface area contributed by atoms with E-state index in [2.05, 4.69) is 21.2 Å². The highest BCUT2D eigenvalue weighted by Crippen LogP contribution is 2.25. The highest BCUT2D eigenvalue weighted by Gasteiger charge is 2.10. The van der Waals surface area contributed by atoms with Gasteiger partial charge in [0.05, 0.1) is 16.9 Å². The van der Waals surface area contributed by atoms with Crippen molar-refractivity contribution < 1.29 is 14.3 Å². The minimum Gasteiger partial charge on any atom is -0.478 e. The first-order valence-corrected chi connectivity index (χ1v) is 5.91. The van der Waals surface area contributed by atoms with Crippen LogP contribution >= 0.6 is 15.9 Å². The van der Waals surface area contributed by atoms with Crippen LogP contribution in [0.1, 0.15) is 10.4 Å². The normalized spacial score (nSPS) is 10.1. The zero-order valence-electron chi connectivity index (χ0n) is 9.15. The van der Waals surface area contributed by atoms with Crippen molar-refractivity contribution in [2.24, 2.45) is 0 Å². The number of hydrogen-bond donors (Lipinski definition) is 2. The van der Waals surface area contributed by atoms with Crippen LogP contribution in [0, 0.1) is 5.82 Å². The molecule has 0 bridgehead atoms. The Kier molecular flexibility index (Phi) is 3.62. The summed E-state index contributed by atoms with van der Waals surface area (Å²) in [4.78, 5) is 11.0. The van der Waals surface area contributed by atoms with Crippen molar-refractivity contribution in [1.82, 2.24) is 0 Å². The van der Waals surface area contributed by atoms with Crippen LogP contribution < -0.4 is 5.32 Å². The first kappa shape index (κ1) is 12.6. The fraction of sp³-hybridized carbons (Fsp3) is 0. The molecule has 0 aromatic heterocycles. The Hall–Kier alpha value is -1.88. The molecule has 0 saturated carbocycles. The minimum absolute atomic E-state index is 0.0971. The number of anilines is 2. The van der Waals surface area contributed by atoms with Crippen LogP contribution in [0.2, 0.25) is 0 Å². The summed E-state index contributed by atoms with van der Waals surface area (Å²) >= 11 is 3.16. The lowest BCUT2D eigenvalue weighted by Crippen LogP contribution is -2.03. The lowest BCUT2D eigenvalue weighted by atomic mass is 10.1. The van der Waals surface area contributed by atoms with E-state index in [0.717, 1.165) is 0 Å². The Morgan fingerprint density at radius 2 is 1.89 bits per heavy atom. The van der Waals surface area contributed by atoms with E-state index in [9.17, 15) is 9.18 Å². The van der Waals surface area contributed by atoms with E-state index in [1.807, 2.05) is 0 Å². The van der Waals surface area contributed by atoms with Gasteiger partial charge in [-0.05, 0) is 30.3 Å². The van der Waals surface area contributed by atoms with Crippen LogP contribution in [0.25, 0.3) is 0 Å². The highest BCUT2D eigenvalue weighted by atomic mass is 79.9. The van der Waals surface area contributed by atoms with Crippen molar-refractivity contribution >= 4 is 33.3 Å². The van der Waals surface area contributed by atoms with Crippen LogP contribution in [0.5, 0.6) is 0 Å². The summed E-state index contributed by atoms with van der Waals surface area (Å²) in [6.07, 6.45) is 0. The maximum Gasteiger partial charge on any atom is 0.337 e. The molecular weight excluding hydrogens is 301 g/mol. The average molecular weight is 310 g/mol. The number of rotatable bonds is 3. The second kappa shape index (κ2) is 5.18. The molecule has 0 heterocycles. The molecule has 18 heavy (non-hydrogen) atoms. The molecule has 0 unspecified atom stereocenters. The van der Waals surface area contributed by atoms with Gasteiger partial charge < -0.3 is 10.4 Å². The van der Waals surface area contributed by atoms with Crippen LogP contribution in [0.4, 0.5) is 15.8 Å². The summed E-state index contributed by atoms with van der Waals surface area (Å²) in [6.45, 7) is 0. The third kappa shape index (κ3) is 2.68. The van der Waals surface area contributed by atoms with Gasteiger partial charge in [0.15, 0.2) is 0 Å². The van der Waals surface area contributed by atoms with Gasteiger partial charge in [0.1, 0.15) is 5.82 Å². The number of para-hydroxylation sites is 1. The molecule has 3 nitrogen and oxygen atoms in total. The molecule has 0 atom stereocenters. The molecule has 2 rings (SSSR count). The molecular formula is C13H9BrFNO2.